The average molecular weight is 277 g/mol. The lowest BCUT2D eigenvalue weighted by Gasteiger charge is -2.08. The number of carbonyl (C=O) groups excluding carboxylic acids is 2. The van der Waals surface area contributed by atoms with Crippen LogP contribution in [0.25, 0.3) is 0 Å². The van der Waals surface area contributed by atoms with Crippen LogP contribution in [0.3, 0.4) is 0 Å². The molecule has 2 aromatic rings. The van der Waals surface area contributed by atoms with E-state index in [9.17, 15) is 14.7 Å². The normalized spacial score (nSPS) is 9.95. The van der Waals surface area contributed by atoms with Crippen molar-refractivity contribution in [1.82, 2.24) is 0 Å². The fourth-order valence-electron chi connectivity index (χ4n) is 1.47. The van der Waals surface area contributed by atoms with E-state index in [-0.39, 0.29) is 22.9 Å². The third-order valence-electron chi connectivity index (χ3n) is 2.41. The molecule has 1 amide bonds. The van der Waals surface area contributed by atoms with E-state index in [1.807, 2.05) is 0 Å². The maximum Gasteiger partial charge on any atom is 0.337 e. The Bertz CT molecular complexity index is 607. The lowest BCUT2D eigenvalue weighted by atomic mass is 10.2. The van der Waals surface area contributed by atoms with Crippen molar-refractivity contribution in [3.63, 3.8) is 0 Å². The molecular formula is C13H11NO4S. The minimum absolute atomic E-state index is 0.113. The fraction of sp³-hybridized carbons (Fsp3) is 0.0769. The lowest BCUT2D eigenvalue weighted by molar-refractivity contribution is 0.0600. The second-order valence-corrected chi connectivity index (χ2v) is 4.60. The van der Waals surface area contributed by atoms with Gasteiger partial charge in [0.15, 0.2) is 0 Å². The zero-order valence-electron chi connectivity index (χ0n) is 10.0. The molecule has 0 bridgehead atoms. The maximum atomic E-state index is 11.9. The van der Waals surface area contributed by atoms with Crippen molar-refractivity contribution < 1.29 is 19.4 Å². The van der Waals surface area contributed by atoms with Crippen LogP contribution in [-0.2, 0) is 4.74 Å². The number of esters is 1. The highest BCUT2D eigenvalue weighted by atomic mass is 32.1. The number of phenols is 1. The first-order valence-corrected chi connectivity index (χ1v) is 6.26. The molecule has 1 aromatic heterocycles. The van der Waals surface area contributed by atoms with Crippen LogP contribution in [0.15, 0.2) is 35.7 Å². The molecule has 1 heterocycles. The summed E-state index contributed by atoms with van der Waals surface area (Å²) in [6.07, 6.45) is 0. The first-order valence-electron chi connectivity index (χ1n) is 5.38. The Balaban J connectivity index is 2.24. The number of rotatable bonds is 3. The summed E-state index contributed by atoms with van der Waals surface area (Å²) >= 11 is 1.29. The van der Waals surface area contributed by atoms with E-state index in [4.69, 9.17) is 0 Å². The van der Waals surface area contributed by atoms with Crippen molar-refractivity contribution in [2.24, 2.45) is 0 Å². The molecule has 6 heteroatoms. The number of thiophene rings is 1. The predicted octanol–water partition coefficient (Wildman–Crippen LogP) is 2.49. The van der Waals surface area contributed by atoms with E-state index in [0.29, 0.717) is 4.88 Å². The van der Waals surface area contributed by atoms with Crippen LogP contribution in [0, 0.1) is 0 Å². The van der Waals surface area contributed by atoms with Gasteiger partial charge >= 0.3 is 5.97 Å². The molecule has 0 radical (unpaired) electrons. The SMILES string of the molecule is COC(=O)c1ccc(O)c(NC(=O)c2cccs2)c1. The number of hydrogen-bond donors (Lipinski definition) is 2. The Morgan fingerprint density at radius 3 is 2.74 bits per heavy atom. The van der Waals surface area contributed by atoms with Crippen LogP contribution in [0.4, 0.5) is 5.69 Å². The summed E-state index contributed by atoms with van der Waals surface area (Å²) in [4.78, 5) is 23.7. The zero-order chi connectivity index (χ0) is 13.8. The summed E-state index contributed by atoms with van der Waals surface area (Å²) in [5.41, 5.74) is 0.420. The first kappa shape index (κ1) is 13.1. The summed E-state index contributed by atoms with van der Waals surface area (Å²) in [7, 11) is 1.26. The topological polar surface area (TPSA) is 75.6 Å². The molecule has 2 rings (SSSR count). The second-order valence-electron chi connectivity index (χ2n) is 3.65. The Hall–Kier alpha value is -2.34. The number of anilines is 1. The molecule has 5 nitrogen and oxygen atoms in total. The fourth-order valence-corrected chi connectivity index (χ4v) is 2.09. The number of aromatic hydroxyl groups is 1. The maximum absolute atomic E-state index is 11.9. The lowest BCUT2D eigenvalue weighted by Crippen LogP contribution is -2.11. The standard InChI is InChI=1S/C13H11NO4S/c1-18-13(17)8-4-5-10(15)9(7-8)14-12(16)11-3-2-6-19-11/h2-7,15H,1H3,(H,14,16). The van der Waals surface area contributed by atoms with E-state index >= 15 is 0 Å². The molecule has 0 spiro atoms. The van der Waals surface area contributed by atoms with Crippen LogP contribution < -0.4 is 5.32 Å². The van der Waals surface area contributed by atoms with Crippen molar-refractivity contribution in [3.05, 3.63) is 46.2 Å². The molecule has 0 fully saturated rings. The molecule has 1 aromatic carbocycles. The highest BCUT2D eigenvalue weighted by Crippen LogP contribution is 2.25. The zero-order valence-corrected chi connectivity index (χ0v) is 10.9. The summed E-state index contributed by atoms with van der Waals surface area (Å²) in [6.45, 7) is 0. The smallest absolute Gasteiger partial charge is 0.337 e. The van der Waals surface area contributed by atoms with Gasteiger partial charge in [0.2, 0.25) is 0 Å². The van der Waals surface area contributed by atoms with Gasteiger partial charge in [-0.05, 0) is 29.6 Å². The summed E-state index contributed by atoms with van der Waals surface area (Å²) in [5.74, 6) is -0.989. The molecular weight excluding hydrogens is 266 g/mol. The van der Waals surface area contributed by atoms with Gasteiger partial charge in [0.25, 0.3) is 5.91 Å². The van der Waals surface area contributed by atoms with Gasteiger partial charge in [-0.1, -0.05) is 6.07 Å². The van der Waals surface area contributed by atoms with E-state index in [1.165, 1.54) is 36.6 Å². The Morgan fingerprint density at radius 1 is 1.32 bits per heavy atom. The van der Waals surface area contributed by atoms with E-state index in [1.54, 1.807) is 17.5 Å². The predicted molar refractivity (Wildman–Crippen MR) is 71.7 cm³/mol. The monoisotopic (exact) mass is 277 g/mol. The van der Waals surface area contributed by atoms with Crippen LogP contribution in [-0.4, -0.2) is 24.1 Å². The molecule has 2 N–H and O–H groups in total. The minimum Gasteiger partial charge on any atom is -0.506 e. The number of methoxy groups -OCH3 is 1. The number of amides is 1. The molecule has 0 unspecified atom stereocenters. The number of hydrogen-bond acceptors (Lipinski definition) is 5. The largest absolute Gasteiger partial charge is 0.506 e. The van der Waals surface area contributed by atoms with Gasteiger partial charge in [0.1, 0.15) is 5.75 Å². The third-order valence-corrected chi connectivity index (χ3v) is 3.28. The van der Waals surface area contributed by atoms with Gasteiger partial charge in [0, 0.05) is 0 Å². The molecule has 19 heavy (non-hydrogen) atoms. The third kappa shape index (κ3) is 2.92. The van der Waals surface area contributed by atoms with Crippen molar-refractivity contribution >= 4 is 28.9 Å². The molecule has 0 aliphatic rings. The Labute approximate surface area is 113 Å². The molecule has 98 valence electrons. The van der Waals surface area contributed by atoms with Crippen LogP contribution >= 0.6 is 11.3 Å². The van der Waals surface area contributed by atoms with Crippen LogP contribution in [0.1, 0.15) is 20.0 Å². The molecule has 0 atom stereocenters. The number of ether oxygens (including phenoxy) is 1. The van der Waals surface area contributed by atoms with Crippen LogP contribution in [0.2, 0.25) is 0 Å². The number of phenolic OH excluding ortho intramolecular Hbond substituents is 1. The van der Waals surface area contributed by atoms with Gasteiger partial charge in [-0.15, -0.1) is 11.3 Å². The highest BCUT2D eigenvalue weighted by molar-refractivity contribution is 7.12. The second kappa shape index (κ2) is 5.53. The molecule has 0 aliphatic heterocycles. The van der Waals surface area contributed by atoms with E-state index in [0.717, 1.165) is 0 Å². The summed E-state index contributed by atoms with van der Waals surface area (Å²) < 4.78 is 4.58. The number of nitrogens with one attached hydrogen (secondary N) is 1. The summed E-state index contributed by atoms with van der Waals surface area (Å²) in [5, 5.41) is 14.0. The van der Waals surface area contributed by atoms with Crippen molar-refractivity contribution in [3.8, 4) is 5.75 Å². The van der Waals surface area contributed by atoms with Gasteiger partial charge in [-0.2, -0.15) is 0 Å². The van der Waals surface area contributed by atoms with Gasteiger partial charge in [-0.25, -0.2) is 4.79 Å². The van der Waals surface area contributed by atoms with E-state index in [2.05, 4.69) is 10.1 Å². The molecule has 0 aliphatic carbocycles. The number of carbonyl (C=O) groups is 2. The van der Waals surface area contributed by atoms with Crippen molar-refractivity contribution in [2.45, 2.75) is 0 Å². The minimum atomic E-state index is -0.536. The molecule has 0 saturated carbocycles. The van der Waals surface area contributed by atoms with Crippen molar-refractivity contribution in [1.29, 1.82) is 0 Å². The summed E-state index contributed by atoms with van der Waals surface area (Å²) in [6, 6.07) is 7.54. The van der Waals surface area contributed by atoms with Gasteiger partial charge < -0.3 is 15.2 Å². The van der Waals surface area contributed by atoms with Crippen molar-refractivity contribution in [2.75, 3.05) is 12.4 Å². The first-order chi connectivity index (χ1) is 9.11. The van der Waals surface area contributed by atoms with Crippen LogP contribution in [0.5, 0.6) is 5.75 Å². The Kier molecular flexibility index (Phi) is 3.82. The van der Waals surface area contributed by atoms with E-state index < -0.39 is 5.97 Å². The quantitative estimate of drug-likeness (QED) is 0.667. The average Bonchev–Trinajstić information content (AvgIpc) is 2.94. The Morgan fingerprint density at radius 2 is 2.11 bits per heavy atom. The van der Waals surface area contributed by atoms with Gasteiger partial charge in [0.05, 0.1) is 23.2 Å². The molecule has 0 saturated heterocycles. The van der Waals surface area contributed by atoms with Gasteiger partial charge in [-0.3, -0.25) is 4.79 Å². The number of benzene rings is 1. The highest BCUT2D eigenvalue weighted by Gasteiger charge is 2.13.